The van der Waals surface area contributed by atoms with Crippen molar-refractivity contribution in [2.75, 3.05) is 0 Å². The molecule has 0 saturated carbocycles. The quantitative estimate of drug-likeness (QED) is 0.813. The summed E-state index contributed by atoms with van der Waals surface area (Å²) in [6, 6.07) is 5.64. The summed E-state index contributed by atoms with van der Waals surface area (Å²) in [6.45, 7) is 6.71. The molecule has 0 spiro atoms. The van der Waals surface area contributed by atoms with Crippen LogP contribution >= 0.6 is 15.9 Å². The first-order chi connectivity index (χ1) is 9.44. The van der Waals surface area contributed by atoms with Crippen LogP contribution in [0.1, 0.15) is 38.8 Å². The molecular formula is C16H21BrO4. The molecule has 0 aliphatic rings. The number of benzene rings is 1. The first-order valence-electron chi connectivity index (χ1n) is 6.69. The van der Waals surface area contributed by atoms with Crippen molar-refractivity contribution >= 4 is 27.9 Å². The smallest absolute Gasteiger partial charge is 0.309 e. The number of rotatable bonds is 6. The average molecular weight is 357 g/mol. The lowest BCUT2D eigenvalue weighted by Gasteiger charge is -2.22. The van der Waals surface area contributed by atoms with Crippen LogP contribution in [0.2, 0.25) is 0 Å². The van der Waals surface area contributed by atoms with Gasteiger partial charge >= 0.3 is 11.9 Å². The lowest BCUT2D eigenvalue weighted by molar-refractivity contribution is -0.147. The van der Waals surface area contributed by atoms with Crippen LogP contribution < -0.4 is 0 Å². The lowest BCUT2D eigenvalue weighted by Crippen LogP contribution is -2.27. The largest absolute Gasteiger partial charge is 0.481 e. The highest BCUT2D eigenvalue weighted by Gasteiger charge is 2.29. The molecule has 1 aromatic rings. The Balaban J connectivity index is 3.06. The van der Waals surface area contributed by atoms with E-state index in [0.29, 0.717) is 12.8 Å². The predicted molar refractivity (Wildman–Crippen MR) is 84.4 cm³/mol. The van der Waals surface area contributed by atoms with Crippen LogP contribution in [0.5, 0.6) is 0 Å². The highest BCUT2D eigenvalue weighted by molar-refractivity contribution is 9.10. The van der Waals surface area contributed by atoms with Crippen LogP contribution in [0.4, 0.5) is 0 Å². The zero-order valence-corrected chi connectivity index (χ0v) is 14.3. The van der Waals surface area contributed by atoms with E-state index in [1.807, 2.05) is 18.2 Å². The van der Waals surface area contributed by atoms with E-state index in [0.717, 1.165) is 15.6 Å². The minimum absolute atomic E-state index is 0.391. The van der Waals surface area contributed by atoms with Crippen LogP contribution in [-0.4, -0.2) is 22.2 Å². The molecule has 0 radical (unpaired) electrons. The van der Waals surface area contributed by atoms with E-state index in [-0.39, 0.29) is 0 Å². The summed E-state index contributed by atoms with van der Waals surface area (Å²) in [5.74, 6) is -1.70. The molecule has 0 aromatic heterocycles. The van der Waals surface area contributed by atoms with Crippen LogP contribution in [0, 0.1) is 10.8 Å². The van der Waals surface area contributed by atoms with E-state index < -0.39 is 22.8 Å². The molecule has 0 saturated heterocycles. The summed E-state index contributed by atoms with van der Waals surface area (Å²) in [7, 11) is 0. The second kappa shape index (κ2) is 6.18. The molecule has 2 N–H and O–H groups in total. The number of carbonyl (C=O) groups is 2. The van der Waals surface area contributed by atoms with Crippen LogP contribution in [0.3, 0.4) is 0 Å². The van der Waals surface area contributed by atoms with Gasteiger partial charge in [-0.2, -0.15) is 0 Å². The van der Waals surface area contributed by atoms with Crippen LogP contribution in [0.25, 0.3) is 0 Å². The Kier molecular flexibility index (Phi) is 5.20. The van der Waals surface area contributed by atoms with E-state index >= 15 is 0 Å². The van der Waals surface area contributed by atoms with E-state index in [1.165, 1.54) is 0 Å². The van der Waals surface area contributed by atoms with Crippen LogP contribution in [-0.2, 0) is 22.4 Å². The molecular weight excluding hydrogens is 336 g/mol. The Morgan fingerprint density at radius 3 is 1.52 bits per heavy atom. The minimum atomic E-state index is -0.861. The fourth-order valence-electron chi connectivity index (χ4n) is 2.09. The van der Waals surface area contributed by atoms with Crippen molar-refractivity contribution in [3.8, 4) is 0 Å². The van der Waals surface area contributed by atoms with E-state index in [1.54, 1.807) is 27.7 Å². The molecule has 0 heterocycles. The number of hydrogen-bond acceptors (Lipinski definition) is 2. The van der Waals surface area contributed by atoms with Gasteiger partial charge in [-0.1, -0.05) is 22.0 Å². The summed E-state index contributed by atoms with van der Waals surface area (Å²) < 4.78 is 0.831. The molecule has 0 aliphatic heterocycles. The third-order valence-electron chi connectivity index (χ3n) is 3.47. The summed E-state index contributed by atoms with van der Waals surface area (Å²) in [6.07, 6.45) is 0.782. The summed E-state index contributed by atoms with van der Waals surface area (Å²) in [4.78, 5) is 22.4. The highest BCUT2D eigenvalue weighted by atomic mass is 79.9. The van der Waals surface area contributed by atoms with Crippen molar-refractivity contribution in [3.05, 3.63) is 33.8 Å². The van der Waals surface area contributed by atoms with Gasteiger partial charge in [0.15, 0.2) is 0 Å². The normalized spacial score (nSPS) is 12.2. The van der Waals surface area contributed by atoms with Crippen molar-refractivity contribution < 1.29 is 19.8 Å². The third-order valence-corrected chi connectivity index (χ3v) is 3.93. The molecule has 0 fully saturated rings. The summed E-state index contributed by atoms with van der Waals surface area (Å²) >= 11 is 3.41. The fourth-order valence-corrected chi connectivity index (χ4v) is 2.68. The number of carboxylic acids is 2. The molecule has 0 aliphatic carbocycles. The number of aliphatic carboxylic acids is 2. The molecule has 0 bridgehead atoms. The topological polar surface area (TPSA) is 74.6 Å². The van der Waals surface area contributed by atoms with Gasteiger partial charge in [-0.15, -0.1) is 0 Å². The maximum Gasteiger partial charge on any atom is 0.309 e. The predicted octanol–water partition coefficient (Wildman–Crippen LogP) is 3.76. The zero-order valence-electron chi connectivity index (χ0n) is 12.7. The average Bonchev–Trinajstić information content (AvgIpc) is 2.25. The van der Waals surface area contributed by atoms with Crippen molar-refractivity contribution in [2.45, 2.75) is 40.5 Å². The van der Waals surface area contributed by atoms with Gasteiger partial charge < -0.3 is 10.2 Å². The zero-order chi connectivity index (χ0) is 16.4. The molecule has 21 heavy (non-hydrogen) atoms. The second-order valence-electron chi connectivity index (χ2n) is 6.70. The van der Waals surface area contributed by atoms with Gasteiger partial charge in [-0.25, -0.2) is 0 Å². The van der Waals surface area contributed by atoms with Gasteiger partial charge in [-0.05, 0) is 63.8 Å². The Morgan fingerprint density at radius 1 is 0.905 bits per heavy atom. The van der Waals surface area contributed by atoms with E-state index in [4.69, 9.17) is 0 Å². The Hall–Kier alpha value is -1.36. The fraction of sp³-hybridized carbons (Fsp3) is 0.500. The van der Waals surface area contributed by atoms with E-state index in [2.05, 4.69) is 15.9 Å². The van der Waals surface area contributed by atoms with Gasteiger partial charge in [0.1, 0.15) is 0 Å². The first kappa shape index (κ1) is 17.7. The molecule has 0 unspecified atom stereocenters. The molecule has 0 amide bonds. The van der Waals surface area contributed by atoms with Crippen LogP contribution in [0.15, 0.2) is 22.7 Å². The molecule has 0 atom stereocenters. The van der Waals surface area contributed by atoms with E-state index in [9.17, 15) is 19.8 Å². The van der Waals surface area contributed by atoms with Gasteiger partial charge in [0, 0.05) is 4.47 Å². The molecule has 1 aromatic carbocycles. The van der Waals surface area contributed by atoms with Crippen molar-refractivity contribution in [1.82, 2.24) is 0 Å². The first-order valence-corrected chi connectivity index (χ1v) is 7.48. The molecule has 116 valence electrons. The molecule has 1 rings (SSSR count). The maximum atomic E-state index is 11.2. The number of halogens is 1. The Bertz CT molecular complexity index is 515. The van der Waals surface area contributed by atoms with Gasteiger partial charge in [-0.3, -0.25) is 9.59 Å². The van der Waals surface area contributed by atoms with Gasteiger partial charge in [0.25, 0.3) is 0 Å². The number of hydrogen-bond donors (Lipinski definition) is 2. The van der Waals surface area contributed by atoms with Gasteiger partial charge in [0.2, 0.25) is 0 Å². The summed E-state index contributed by atoms with van der Waals surface area (Å²) in [5.41, 5.74) is 0.0433. The minimum Gasteiger partial charge on any atom is -0.481 e. The maximum absolute atomic E-state index is 11.2. The Labute approximate surface area is 133 Å². The Morgan fingerprint density at radius 2 is 1.24 bits per heavy atom. The van der Waals surface area contributed by atoms with Gasteiger partial charge in [0.05, 0.1) is 10.8 Å². The third kappa shape index (κ3) is 4.84. The molecule has 5 heteroatoms. The lowest BCUT2D eigenvalue weighted by atomic mass is 9.83. The van der Waals surface area contributed by atoms with Crippen molar-refractivity contribution in [3.63, 3.8) is 0 Å². The molecule has 4 nitrogen and oxygen atoms in total. The SMILES string of the molecule is CC(C)(Cc1cc(Br)cc(CC(C)(C)C(=O)O)c1)C(=O)O. The second-order valence-corrected chi connectivity index (χ2v) is 7.62. The van der Waals surface area contributed by atoms with Crippen molar-refractivity contribution in [1.29, 1.82) is 0 Å². The highest BCUT2D eigenvalue weighted by Crippen LogP contribution is 2.28. The monoisotopic (exact) mass is 356 g/mol. The number of carboxylic acid groups (broad SMARTS) is 2. The summed E-state index contributed by atoms with van der Waals surface area (Å²) in [5, 5.41) is 18.4. The standard InChI is InChI=1S/C16H21BrO4/c1-15(2,13(18)19)8-10-5-11(7-12(17)6-10)9-16(3,4)14(20)21/h5-7H,8-9H2,1-4H3,(H,18,19)(H,20,21). The van der Waals surface area contributed by atoms with Crippen molar-refractivity contribution in [2.24, 2.45) is 10.8 Å².